The van der Waals surface area contributed by atoms with E-state index in [1.165, 1.54) is 42.6 Å². The first kappa shape index (κ1) is 21.7. The lowest BCUT2D eigenvalue weighted by Gasteiger charge is -2.36. The Kier molecular flexibility index (Phi) is 10.4. The Morgan fingerprint density at radius 3 is 2.00 bits per heavy atom. The first-order chi connectivity index (χ1) is 9.56. The van der Waals surface area contributed by atoms with E-state index in [0.29, 0.717) is 6.04 Å². The largest absolute Gasteiger partial charge is 0.314 e. The van der Waals surface area contributed by atoms with Crippen molar-refractivity contribution in [2.45, 2.75) is 46.6 Å². The molecule has 0 radical (unpaired) electrons. The number of nitrogens with zero attached hydrogens (tertiary/aromatic N) is 1. The summed E-state index contributed by atoms with van der Waals surface area (Å²) in [6, 6.07) is 7.65. The smallest absolute Gasteiger partial charge is 0.0349 e. The summed E-state index contributed by atoms with van der Waals surface area (Å²) in [6.07, 6.45) is 2.59. The number of halogens is 2. The van der Waals surface area contributed by atoms with E-state index in [4.69, 9.17) is 0 Å². The lowest BCUT2D eigenvalue weighted by molar-refractivity contribution is 0.159. The zero-order valence-electron chi connectivity index (χ0n) is 14.4. The number of hydrogen-bond donors (Lipinski definition) is 1. The van der Waals surface area contributed by atoms with Crippen molar-refractivity contribution < 1.29 is 0 Å². The van der Waals surface area contributed by atoms with Crippen molar-refractivity contribution >= 4 is 24.8 Å². The average molecular weight is 347 g/mol. The second-order valence-corrected chi connectivity index (χ2v) is 6.69. The highest BCUT2D eigenvalue weighted by atomic mass is 35.5. The zero-order valence-corrected chi connectivity index (χ0v) is 16.0. The topological polar surface area (TPSA) is 15.3 Å². The minimum absolute atomic E-state index is 0. The Bertz CT molecular complexity index is 409. The lowest BCUT2D eigenvalue weighted by atomic mass is 9.93. The molecule has 0 spiro atoms. The van der Waals surface area contributed by atoms with Crippen molar-refractivity contribution in [3.05, 3.63) is 34.9 Å². The average Bonchev–Trinajstić information content (AvgIpc) is 2.38. The van der Waals surface area contributed by atoms with Crippen LogP contribution in [0.5, 0.6) is 0 Å². The number of rotatable bonds is 5. The zero-order chi connectivity index (χ0) is 14.5. The van der Waals surface area contributed by atoms with Crippen molar-refractivity contribution in [3.8, 4) is 0 Å². The van der Waals surface area contributed by atoms with E-state index in [1.54, 1.807) is 0 Å². The van der Waals surface area contributed by atoms with E-state index in [0.717, 1.165) is 19.0 Å². The van der Waals surface area contributed by atoms with Gasteiger partial charge in [-0.05, 0) is 38.2 Å². The van der Waals surface area contributed by atoms with Crippen LogP contribution >= 0.6 is 24.8 Å². The number of hydrogen-bond acceptors (Lipinski definition) is 2. The third kappa shape index (κ3) is 6.45. The molecule has 1 heterocycles. The van der Waals surface area contributed by atoms with Gasteiger partial charge < -0.3 is 5.32 Å². The summed E-state index contributed by atoms with van der Waals surface area (Å²) >= 11 is 0. The first-order valence-electron chi connectivity index (χ1n) is 8.09. The molecule has 1 atom stereocenters. The van der Waals surface area contributed by atoms with Gasteiger partial charge in [0.15, 0.2) is 0 Å². The molecule has 1 aliphatic rings. The third-order valence-electron chi connectivity index (χ3n) is 4.24. The molecule has 1 fully saturated rings. The van der Waals surface area contributed by atoms with Crippen LogP contribution < -0.4 is 5.32 Å². The van der Waals surface area contributed by atoms with Crippen LogP contribution in [-0.2, 0) is 0 Å². The fraction of sp³-hybridized carbons (Fsp3) is 0.667. The van der Waals surface area contributed by atoms with Gasteiger partial charge in [0.05, 0.1) is 0 Å². The Morgan fingerprint density at radius 2 is 1.50 bits per heavy atom. The molecule has 0 amide bonds. The van der Waals surface area contributed by atoms with E-state index in [2.05, 4.69) is 56.1 Å². The minimum Gasteiger partial charge on any atom is -0.314 e. The Balaban J connectivity index is 0.00000220. The quantitative estimate of drug-likeness (QED) is 0.842. The van der Waals surface area contributed by atoms with Crippen molar-refractivity contribution in [1.82, 2.24) is 10.2 Å². The van der Waals surface area contributed by atoms with Crippen LogP contribution in [0, 0.1) is 19.8 Å². The molecule has 2 nitrogen and oxygen atoms in total. The summed E-state index contributed by atoms with van der Waals surface area (Å²) in [5, 5.41) is 3.47. The predicted octanol–water partition coefficient (Wildman–Crippen LogP) is 4.53. The molecule has 0 saturated carbocycles. The molecule has 128 valence electrons. The van der Waals surface area contributed by atoms with Crippen LogP contribution in [0.4, 0.5) is 0 Å². The molecule has 1 aromatic rings. The van der Waals surface area contributed by atoms with Crippen LogP contribution in [0.3, 0.4) is 0 Å². The van der Waals surface area contributed by atoms with Gasteiger partial charge >= 0.3 is 0 Å². The molecule has 1 saturated heterocycles. The summed E-state index contributed by atoms with van der Waals surface area (Å²) in [6.45, 7) is 13.7. The summed E-state index contributed by atoms with van der Waals surface area (Å²) in [7, 11) is 0. The third-order valence-corrected chi connectivity index (χ3v) is 4.24. The monoisotopic (exact) mass is 346 g/mol. The fourth-order valence-electron chi connectivity index (χ4n) is 3.25. The van der Waals surface area contributed by atoms with E-state index in [9.17, 15) is 0 Å². The molecule has 1 aromatic carbocycles. The molecule has 0 unspecified atom stereocenters. The highest BCUT2D eigenvalue weighted by molar-refractivity contribution is 5.85. The molecule has 0 bridgehead atoms. The van der Waals surface area contributed by atoms with Gasteiger partial charge in [-0.15, -0.1) is 24.8 Å². The number of aryl methyl sites for hydroxylation is 2. The summed E-state index contributed by atoms with van der Waals surface area (Å²) in [5.74, 6) is 0.784. The molecule has 2 rings (SSSR count). The molecule has 22 heavy (non-hydrogen) atoms. The molecule has 4 heteroatoms. The predicted molar refractivity (Wildman–Crippen MR) is 102 cm³/mol. The molecule has 1 N–H and O–H groups in total. The van der Waals surface area contributed by atoms with Gasteiger partial charge in [-0.25, -0.2) is 0 Å². The van der Waals surface area contributed by atoms with Crippen molar-refractivity contribution in [1.29, 1.82) is 0 Å². The summed E-state index contributed by atoms with van der Waals surface area (Å²) in [5.41, 5.74) is 4.31. The maximum Gasteiger partial charge on any atom is 0.0349 e. The lowest BCUT2D eigenvalue weighted by Crippen LogP contribution is -2.45. The second-order valence-electron chi connectivity index (χ2n) is 6.69. The van der Waals surface area contributed by atoms with Gasteiger partial charge in [-0.3, -0.25) is 4.90 Å². The van der Waals surface area contributed by atoms with Gasteiger partial charge in [0, 0.05) is 32.2 Å². The standard InChI is InChI=1S/C18H30N2.2ClH/c1-14(2)5-6-18(20-9-7-19-8-10-20)17-12-15(3)11-16(4)13-17;;/h11-14,18-19H,5-10H2,1-4H3;2*1H/t18-;;/m0../s1. The molecular formula is C18H32Cl2N2. The Morgan fingerprint density at radius 1 is 0.955 bits per heavy atom. The number of piperazine rings is 1. The van der Waals surface area contributed by atoms with E-state index >= 15 is 0 Å². The van der Waals surface area contributed by atoms with Gasteiger partial charge in [0.25, 0.3) is 0 Å². The van der Waals surface area contributed by atoms with Gasteiger partial charge in [0.1, 0.15) is 0 Å². The highest BCUT2D eigenvalue weighted by Crippen LogP contribution is 2.29. The van der Waals surface area contributed by atoms with Crippen LogP contribution in [-0.4, -0.2) is 31.1 Å². The first-order valence-corrected chi connectivity index (χ1v) is 8.09. The SMILES string of the molecule is Cc1cc(C)cc([C@H](CCC(C)C)N2CCNCC2)c1.Cl.Cl. The molecule has 0 aliphatic carbocycles. The molecular weight excluding hydrogens is 315 g/mol. The van der Waals surface area contributed by atoms with E-state index < -0.39 is 0 Å². The molecule has 0 aromatic heterocycles. The van der Waals surface area contributed by atoms with Crippen LogP contribution in [0.25, 0.3) is 0 Å². The number of nitrogens with one attached hydrogen (secondary N) is 1. The Labute approximate surface area is 148 Å². The second kappa shape index (κ2) is 10.5. The van der Waals surface area contributed by atoms with Gasteiger partial charge in [-0.1, -0.05) is 43.2 Å². The Hall–Kier alpha value is -0.280. The number of benzene rings is 1. The van der Waals surface area contributed by atoms with Crippen molar-refractivity contribution in [2.24, 2.45) is 5.92 Å². The normalized spacial score (nSPS) is 16.8. The summed E-state index contributed by atoms with van der Waals surface area (Å²) < 4.78 is 0. The van der Waals surface area contributed by atoms with Crippen LogP contribution in [0.2, 0.25) is 0 Å². The van der Waals surface area contributed by atoms with Crippen molar-refractivity contribution in [3.63, 3.8) is 0 Å². The fourth-order valence-corrected chi connectivity index (χ4v) is 3.25. The van der Waals surface area contributed by atoms with Gasteiger partial charge in [-0.2, -0.15) is 0 Å². The van der Waals surface area contributed by atoms with Crippen LogP contribution in [0.1, 0.15) is 49.4 Å². The minimum atomic E-state index is 0. The maximum absolute atomic E-state index is 3.47. The highest BCUT2D eigenvalue weighted by Gasteiger charge is 2.22. The van der Waals surface area contributed by atoms with Crippen LogP contribution in [0.15, 0.2) is 18.2 Å². The maximum atomic E-state index is 3.47. The van der Waals surface area contributed by atoms with Gasteiger partial charge in [0.2, 0.25) is 0 Å². The summed E-state index contributed by atoms with van der Waals surface area (Å²) in [4.78, 5) is 2.67. The van der Waals surface area contributed by atoms with E-state index in [-0.39, 0.29) is 24.8 Å². The van der Waals surface area contributed by atoms with E-state index in [1.807, 2.05) is 0 Å². The molecule has 1 aliphatic heterocycles. The van der Waals surface area contributed by atoms with Crippen molar-refractivity contribution in [2.75, 3.05) is 26.2 Å².